The first-order valence-corrected chi connectivity index (χ1v) is 6.66. The Bertz CT molecular complexity index is 469. The van der Waals surface area contributed by atoms with E-state index in [4.69, 9.17) is 12.8 Å². The van der Waals surface area contributed by atoms with Crippen LogP contribution in [0.3, 0.4) is 0 Å². The second-order valence-corrected chi connectivity index (χ2v) is 5.73. The molecule has 2 unspecified atom stereocenters. The monoisotopic (exact) mass is 222 g/mol. The zero-order chi connectivity index (χ0) is 11.9. The van der Waals surface area contributed by atoms with Crippen LogP contribution in [0.25, 0.3) is 0 Å². The van der Waals surface area contributed by atoms with Gasteiger partial charge in [-0.3, -0.25) is 0 Å². The van der Waals surface area contributed by atoms with E-state index in [0.717, 1.165) is 0 Å². The van der Waals surface area contributed by atoms with Crippen LogP contribution in [0.15, 0.2) is 23.3 Å². The average molecular weight is 222 g/mol. The Morgan fingerprint density at radius 3 is 2.29 bits per heavy atom. The Morgan fingerprint density at radius 2 is 1.65 bits per heavy atom. The van der Waals surface area contributed by atoms with Gasteiger partial charge < -0.3 is 0 Å². The molecule has 0 aliphatic heterocycles. The molecule has 2 atom stereocenters. The van der Waals surface area contributed by atoms with Crippen molar-refractivity contribution in [3.8, 4) is 24.7 Å². The van der Waals surface area contributed by atoms with E-state index in [0.29, 0.717) is 17.3 Å². The Morgan fingerprint density at radius 1 is 1.00 bits per heavy atom. The van der Waals surface area contributed by atoms with E-state index in [1.807, 2.05) is 0 Å². The van der Waals surface area contributed by atoms with Crippen molar-refractivity contribution in [2.24, 2.45) is 17.3 Å². The van der Waals surface area contributed by atoms with Crippen LogP contribution in [-0.4, -0.2) is 0 Å². The fraction of sp³-hybridized carbons (Fsp3) is 0.529. The molecule has 86 valence electrons. The summed E-state index contributed by atoms with van der Waals surface area (Å²) >= 11 is 0. The molecule has 0 saturated heterocycles. The molecule has 0 bridgehead atoms. The lowest BCUT2D eigenvalue weighted by Gasteiger charge is -2.36. The molecule has 3 aliphatic carbocycles. The van der Waals surface area contributed by atoms with Crippen molar-refractivity contribution in [3.05, 3.63) is 23.3 Å². The minimum Gasteiger partial charge on any atom is -0.115 e. The van der Waals surface area contributed by atoms with E-state index in [9.17, 15) is 0 Å². The van der Waals surface area contributed by atoms with Crippen LogP contribution in [0.1, 0.15) is 38.5 Å². The molecule has 0 heteroatoms. The molecule has 0 nitrogen and oxygen atoms in total. The number of allylic oxidation sites excluding steroid dienone is 4. The van der Waals surface area contributed by atoms with Crippen molar-refractivity contribution < 1.29 is 0 Å². The molecule has 0 N–H and O–H groups in total. The molecule has 3 aliphatic rings. The van der Waals surface area contributed by atoms with Crippen molar-refractivity contribution >= 4 is 0 Å². The summed E-state index contributed by atoms with van der Waals surface area (Å²) in [4.78, 5) is 0. The Balaban J connectivity index is 2.04. The van der Waals surface area contributed by atoms with Gasteiger partial charge in [0.1, 0.15) is 0 Å². The van der Waals surface area contributed by atoms with Crippen LogP contribution in [0.5, 0.6) is 0 Å². The summed E-state index contributed by atoms with van der Waals surface area (Å²) in [5, 5.41) is 0. The number of rotatable bonds is 0. The number of fused-ring (bicyclic) bond motifs is 2. The summed E-state index contributed by atoms with van der Waals surface area (Å²) < 4.78 is 0. The highest BCUT2D eigenvalue weighted by Gasteiger charge is 2.52. The van der Waals surface area contributed by atoms with Crippen LogP contribution in [-0.2, 0) is 0 Å². The minimum absolute atomic E-state index is 0.485. The predicted molar refractivity (Wildman–Crippen MR) is 70.9 cm³/mol. The SMILES string of the molecule is C#CC1=CC=C(C#C)C2C1CCC21CCCC1. The van der Waals surface area contributed by atoms with E-state index < -0.39 is 0 Å². The van der Waals surface area contributed by atoms with Crippen molar-refractivity contribution in [1.29, 1.82) is 0 Å². The molecule has 0 amide bonds. The van der Waals surface area contributed by atoms with E-state index in [2.05, 4.69) is 24.0 Å². The third-order valence-corrected chi connectivity index (χ3v) is 5.12. The van der Waals surface area contributed by atoms with Crippen LogP contribution in [0, 0.1) is 41.9 Å². The van der Waals surface area contributed by atoms with Gasteiger partial charge in [0.05, 0.1) is 0 Å². The molecule has 2 saturated carbocycles. The smallest absolute Gasteiger partial charge is 0.00607 e. The molecule has 0 aromatic rings. The Hall–Kier alpha value is -1.40. The van der Waals surface area contributed by atoms with Crippen molar-refractivity contribution in [1.82, 2.24) is 0 Å². The standard InChI is InChI=1S/C17H18/c1-3-13-7-8-14(4-2)16-15(13)9-12-17(16)10-5-6-11-17/h1-2,7-8,15-16H,5-6,9-12H2. The number of hydrogen-bond acceptors (Lipinski definition) is 0. The molecule has 0 aromatic carbocycles. The summed E-state index contributed by atoms with van der Waals surface area (Å²) in [6.07, 6.45) is 23.5. The second kappa shape index (κ2) is 3.82. The lowest BCUT2D eigenvalue weighted by atomic mass is 9.67. The fourth-order valence-electron chi connectivity index (χ4n) is 4.41. The molecule has 3 rings (SSSR count). The van der Waals surface area contributed by atoms with Crippen LogP contribution in [0.2, 0.25) is 0 Å². The summed E-state index contributed by atoms with van der Waals surface area (Å²) in [5.74, 6) is 6.88. The maximum Gasteiger partial charge on any atom is 0.00607 e. The van der Waals surface area contributed by atoms with E-state index >= 15 is 0 Å². The van der Waals surface area contributed by atoms with Crippen molar-refractivity contribution in [2.45, 2.75) is 38.5 Å². The maximum absolute atomic E-state index is 5.70. The first-order valence-electron chi connectivity index (χ1n) is 6.66. The molecular formula is C17H18. The van der Waals surface area contributed by atoms with Gasteiger partial charge in [-0.15, -0.1) is 12.8 Å². The molecule has 0 radical (unpaired) electrons. The zero-order valence-corrected chi connectivity index (χ0v) is 10.2. The maximum atomic E-state index is 5.70. The van der Waals surface area contributed by atoms with Gasteiger partial charge in [0.2, 0.25) is 0 Å². The largest absolute Gasteiger partial charge is 0.115 e. The van der Waals surface area contributed by atoms with Crippen molar-refractivity contribution in [3.63, 3.8) is 0 Å². The first kappa shape index (κ1) is 10.7. The second-order valence-electron chi connectivity index (χ2n) is 5.73. The van der Waals surface area contributed by atoms with E-state index in [1.54, 1.807) is 0 Å². The van der Waals surface area contributed by atoms with Gasteiger partial charge in [-0.25, -0.2) is 0 Å². The van der Waals surface area contributed by atoms with Crippen LogP contribution >= 0.6 is 0 Å². The van der Waals surface area contributed by atoms with E-state index in [-0.39, 0.29) is 0 Å². The predicted octanol–water partition coefficient (Wildman–Crippen LogP) is 3.71. The first-order chi connectivity index (χ1) is 8.30. The average Bonchev–Trinajstić information content (AvgIpc) is 2.98. The van der Waals surface area contributed by atoms with Gasteiger partial charge >= 0.3 is 0 Å². The molecule has 0 aromatic heterocycles. The molecule has 2 fully saturated rings. The Labute approximate surface area is 104 Å². The van der Waals surface area contributed by atoms with Crippen LogP contribution < -0.4 is 0 Å². The minimum atomic E-state index is 0.485. The third kappa shape index (κ3) is 1.41. The summed E-state index contributed by atoms with van der Waals surface area (Å²) in [6.45, 7) is 0. The quantitative estimate of drug-likeness (QED) is 0.548. The molecule has 0 heterocycles. The van der Waals surface area contributed by atoms with Gasteiger partial charge in [0.15, 0.2) is 0 Å². The lowest BCUT2D eigenvalue weighted by Crippen LogP contribution is -2.29. The van der Waals surface area contributed by atoms with Gasteiger partial charge in [-0.1, -0.05) is 24.7 Å². The number of terminal acetylenes is 2. The summed E-state index contributed by atoms with van der Waals surface area (Å²) in [5.41, 5.74) is 2.87. The highest BCUT2D eigenvalue weighted by Crippen LogP contribution is 2.61. The lowest BCUT2D eigenvalue weighted by molar-refractivity contribution is 0.223. The normalized spacial score (nSPS) is 33.5. The summed E-state index contributed by atoms with van der Waals surface area (Å²) in [7, 11) is 0. The molecule has 17 heavy (non-hydrogen) atoms. The zero-order valence-electron chi connectivity index (χ0n) is 10.2. The van der Waals surface area contributed by atoms with Crippen molar-refractivity contribution in [2.75, 3.05) is 0 Å². The van der Waals surface area contributed by atoms with Gasteiger partial charge in [0.25, 0.3) is 0 Å². The van der Waals surface area contributed by atoms with Crippen LogP contribution in [0.4, 0.5) is 0 Å². The number of hydrogen-bond donors (Lipinski definition) is 0. The Kier molecular flexibility index (Phi) is 2.41. The topological polar surface area (TPSA) is 0 Å². The highest BCUT2D eigenvalue weighted by atomic mass is 14.5. The molecular weight excluding hydrogens is 204 g/mol. The third-order valence-electron chi connectivity index (χ3n) is 5.12. The molecule has 1 spiro atoms. The van der Waals surface area contributed by atoms with Gasteiger partial charge in [0, 0.05) is 17.1 Å². The van der Waals surface area contributed by atoms with Gasteiger partial charge in [-0.2, -0.15) is 0 Å². The van der Waals surface area contributed by atoms with Gasteiger partial charge in [-0.05, 0) is 49.2 Å². The fourth-order valence-corrected chi connectivity index (χ4v) is 4.41. The summed E-state index contributed by atoms with van der Waals surface area (Å²) in [6, 6.07) is 0. The highest BCUT2D eigenvalue weighted by molar-refractivity contribution is 5.47. The van der Waals surface area contributed by atoms with E-state index in [1.165, 1.54) is 49.7 Å².